The van der Waals surface area contributed by atoms with Crippen molar-refractivity contribution < 1.29 is 23.1 Å². The van der Waals surface area contributed by atoms with Gasteiger partial charge in [-0.05, 0) is 68.4 Å². The predicted molar refractivity (Wildman–Crippen MR) is 124 cm³/mol. The van der Waals surface area contributed by atoms with Crippen LogP contribution in [0.25, 0.3) is 10.8 Å². The Bertz CT molecular complexity index is 1220. The van der Waals surface area contributed by atoms with Crippen LogP contribution in [0.5, 0.6) is 0 Å². The van der Waals surface area contributed by atoms with E-state index in [-0.39, 0.29) is 11.5 Å². The number of likely N-dealkylation sites (tertiary alicyclic amines) is 1. The van der Waals surface area contributed by atoms with Crippen LogP contribution in [-0.2, 0) is 6.18 Å². The van der Waals surface area contributed by atoms with Gasteiger partial charge in [-0.3, -0.25) is 0 Å². The minimum Gasteiger partial charge on any atom is -0.465 e. The van der Waals surface area contributed by atoms with Crippen molar-refractivity contribution in [3.63, 3.8) is 0 Å². The van der Waals surface area contributed by atoms with E-state index in [1.54, 1.807) is 13.0 Å². The fraction of sp³-hybridized carbons (Fsp3) is 0.400. The van der Waals surface area contributed by atoms with Crippen LogP contribution in [-0.4, -0.2) is 39.4 Å². The molecule has 0 bridgehead atoms. The Morgan fingerprint density at radius 3 is 2.47 bits per heavy atom. The molecule has 180 valence electrons. The van der Waals surface area contributed by atoms with Crippen LogP contribution in [0.2, 0.25) is 0 Å². The highest BCUT2D eigenvalue weighted by atomic mass is 19.4. The first-order valence-electron chi connectivity index (χ1n) is 11.2. The van der Waals surface area contributed by atoms with Crippen molar-refractivity contribution in [1.29, 1.82) is 0 Å². The van der Waals surface area contributed by atoms with Gasteiger partial charge in [0.05, 0.1) is 17.3 Å². The summed E-state index contributed by atoms with van der Waals surface area (Å²) >= 11 is 0. The number of amides is 1. The number of anilines is 1. The summed E-state index contributed by atoms with van der Waals surface area (Å²) in [5.74, 6) is 0.735. The third-order valence-corrected chi connectivity index (χ3v) is 6.73. The van der Waals surface area contributed by atoms with E-state index in [9.17, 15) is 23.1 Å². The van der Waals surface area contributed by atoms with Crippen molar-refractivity contribution in [1.82, 2.24) is 15.1 Å². The van der Waals surface area contributed by atoms with E-state index in [0.29, 0.717) is 24.5 Å². The van der Waals surface area contributed by atoms with Gasteiger partial charge in [0, 0.05) is 23.9 Å². The molecular weight excluding hydrogens is 445 g/mol. The van der Waals surface area contributed by atoms with E-state index in [0.717, 1.165) is 40.9 Å². The van der Waals surface area contributed by atoms with Gasteiger partial charge in [0.15, 0.2) is 5.82 Å². The van der Waals surface area contributed by atoms with Gasteiger partial charge in [-0.2, -0.15) is 18.3 Å². The number of fused-ring (bicyclic) bond motifs is 1. The number of hydrogen-bond donors (Lipinski definition) is 2. The SMILES string of the molecule is Cc1c(C(C)Nc2nnc(C)c3ccc(C4CCN(C(=O)O)CC4)cc23)cccc1C(F)(F)F. The molecule has 2 N–H and O–H groups in total. The Balaban J connectivity index is 1.65. The van der Waals surface area contributed by atoms with Crippen molar-refractivity contribution in [2.45, 2.75) is 51.7 Å². The molecule has 1 unspecified atom stereocenters. The predicted octanol–water partition coefficient (Wildman–Crippen LogP) is 6.30. The fourth-order valence-electron chi connectivity index (χ4n) is 4.78. The molecule has 1 aromatic heterocycles. The lowest BCUT2D eigenvalue weighted by Gasteiger charge is -2.30. The molecule has 2 aromatic carbocycles. The highest BCUT2D eigenvalue weighted by Gasteiger charge is 2.33. The number of piperidine rings is 1. The Morgan fingerprint density at radius 2 is 1.82 bits per heavy atom. The molecule has 0 aliphatic carbocycles. The summed E-state index contributed by atoms with van der Waals surface area (Å²) in [6, 6.07) is 9.86. The van der Waals surface area contributed by atoms with Crippen molar-refractivity contribution in [2.75, 3.05) is 18.4 Å². The first-order valence-corrected chi connectivity index (χ1v) is 11.2. The van der Waals surface area contributed by atoms with Gasteiger partial charge in [-0.25, -0.2) is 4.79 Å². The molecule has 4 rings (SSSR count). The van der Waals surface area contributed by atoms with E-state index in [1.807, 2.05) is 25.1 Å². The minimum absolute atomic E-state index is 0.185. The minimum atomic E-state index is -4.42. The summed E-state index contributed by atoms with van der Waals surface area (Å²) in [4.78, 5) is 12.6. The molecule has 9 heteroatoms. The zero-order valence-electron chi connectivity index (χ0n) is 19.3. The van der Waals surface area contributed by atoms with Crippen LogP contribution in [0.4, 0.5) is 23.8 Å². The van der Waals surface area contributed by atoms with Crippen LogP contribution in [0.15, 0.2) is 36.4 Å². The molecule has 1 aliphatic rings. The number of carboxylic acid groups (broad SMARTS) is 1. The summed E-state index contributed by atoms with van der Waals surface area (Å²) in [7, 11) is 0. The highest BCUT2D eigenvalue weighted by Crippen LogP contribution is 2.36. The number of aryl methyl sites for hydroxylation is 1. The second-order valence-electron chi connectivity index (χ2n) is 8.87. The molecule has 6 nitrogen and oxygen atoms in total. The number of nitrogens with one attached hydrogen (secondary N) is 1. The monoisotopic (exact) mass is 472 g/mol. The Morgan fingerprint density at radius 1 is 1.12 bits per heavy atom. The molecule has 0 radical (unpaired) electrons. The van der Waals surface area contributed by atoms with E-state index in [4.69, 9.17) is 0 Å². The molecule has 2 heterocycles. The van der Waals surface area contributed by atoms with Crippen LogP contribution >= 0.6 is 0 Å². The molecule has 1 atom stereocenters. The third kappa shape index (κ3) is 4.64. The lowest BCUT2D eigenvalue weighted by atomic mass is 9.88. The number of carbonyl (C=O) groups is 1. The Hall–Kier alpha value is -3.36. The van der Waals surface area contributed by atoms with Gasteiger partial charge in [-0.15, -0.1) is 5.10 Å². The quantitative estimate of drug-likeness (QED) is 0.466. The van der Waals surface area contributed by atoms with Crippen molar-refractivity contribution in [3.8, 4) is 0 Å². The van der Waals surface area contributed by atoms with Crippen LogP contribution < -0.4 is 5.32 Å². The van der Waals surface area contributed by atoms with Crippen molar-refractivity contribution in [2.24, 2.45) is 0 Å². The first-order chi connectivity index (χ1) is 16.1. The molecule has 1 fully saturated rings. The van der Waals surface area contributed by atoms with Crippen LogP contribution in [0.1, 0.15) is 59.7 Å². The third-order valence-electron chi connectivity index (χ3n) is 6.73. The van der Waals surface area contributed by atoms with E-state index in [1.165, 1.54) is 17.9 Å². The second kappa shape index (κ2) is 9.12. The summed E-state index contributed by atoms with van der Waals surface area (Å²) in [6.07, 6.45) is -3.84. The zero-order chi connectivity index (χ0) is 24.6. The Kier molecular flexibility index (Phi) is 6.38. The van der Waals surface area contributed by atoms with Gasteiger partial charge < -0.3 is 15.3 Å². The summed E-state index contributed by atoms with van der Waals surface area (Å²) in [6.45, 7) is 6.13. The number of nitrogens with zero attached hydrogens (tertiary/aromatic N) is 3. The maximum absolute atomic E-state index is 13.4. The summed E-state index contributed by atoms with van der Waals surface area (Å²) in [5, 5.41) is 22.8. The zero-order valence-corrected chi connectivity index (χ0v) is 19.3. The molecule has 0 saturated carbocycles. The van der Waals surface area contributed by atoms with Gasteiger partial charge in [0.1, 0.15) is 0 Å². The molecule has 1 saturated heterocycles. The normalized spacial score (nSPS) is 16.0. The van der Waals surface area contributed by atoms with Crippen LogP contribution in [0.3, 0.4) is 0 Å². The lowest BCUT2D eigenvalue weighted by Crippen LogP contribution is -2.36. The standard InChI is InChI=1S/C25H27F3N4O2/c1-14-19(5-4-6-22(14)25(26,27)28)15(2)29-23-21-13-18(7-8-20(21)16(3)30-31-23)17-9-11-32(12-10-17)24(33)34/h4-8,13,15,17H,9-12H2,1-3H3,(H,29,31)(H,33,34). The first kappa shape index (κ1) is 23.8. The number of aromatic nitrogens is 2. The van der Waals surface area contributed by atoms with Gasteiger partial charge >= 0.3 is 12.3 Å². The van der Waals surface area contributed by atoms with E-state index >= 15 is 0 Å². The molecule has 1 aliphatic heterocycles. The molecule has 34 heavy (non-hydrogen) atoms. The lowest BCUT2D eigenvalue weighted by molar-refractivity contribution is -0.138. The fourth-order valence-corrected chi connectivity index (χ4v) is 4.78. The Labute approximate surface area is 195 Å². The van der Waals surface area contributed by atoms with Crippen molar-refractivity contribution >= 4 is 22.7 Å². The van der Waals surface area contributed by atoms with Crippen molar-refractivity contribution in [3.05, 3.63) is 64.3 Å². The number of alkyl halides is 3. The number of rotatable bonds is 4. The number of benzene rings is 2. The summed E-state index contributed by atoms with van der Waals surface area (Å²) in [5.41, 5.74) is 1.94. The van der Waals surface area contributed by atoms with Gasteiger partial charge in [0.2, 0.25) is 0 Å². The number of hydrogen-bond acceptors (Lipinski definition) is 4. The average Bonchev–Trinajstić information content (AvgIpc) is 2.80. The number of halogens is 3. The topological polar surface area (TPSA) is 78.4 Å². The maximum atomic E-state index is 13.4. The molecule has 0 spiro atoms. The average molecular weight is 473 g/mol. The van der Waals surface area contributed by atoms with Gasteiger partial charge in [0.25, 0.3) is 0 Å². The van der Waals surface area contributed by atoms with Gasteiger partial charge in [-0.1, -0.05) is 24.3 Å². The molecular formula is C25H27F3N4O2. The van der Waals surface area contributed by atoms with Crippen LogP contribution in [0, 0.1) is 13.8 Å². The smallest absolute Gasteiger partial charge is 0.416 e. The van der Waals surface area contributed by atoms with E-state index < -0.39 is 23.9 Å². The second-order valence-corrected chi connectivity index (χ2v) is 8.87. The molecule has 1 amide bonds. The maximum Gasteiger partial charge on any atom is 0.416 e. The largest absolute Gasteiger partial charge is 0.465 e. The van der Waals surface area contributed by atoms with E-state index in [2.05, 4.69) is 15.5 Å². The highest BCUT2D eigenvalue weighted by molar-refractivity contribution is 5.93. The molecule has 3 aromatic rings. The summed E-state index contributed by atoms with van der Waals surface area (Å²) < 4.78 is 40.1.